The summed E-state index contributed by atoms with van der Waals surface area (Å²) in [5.41, 5.74) is 2.47. The number of nitrogens with one attached hydrogen (secondary N) is 2. The second kappa shape index (κ2) is 6.45. The Bertz CT molecular complexity index is 1080. The lowest BCUT2D eigenvalue weighted by Crippen LogP contribution is -2.28. The molecule has 7 nitrogen and oxygen atoms in total. The summed E-state index contributed by atoms with van der Waals surface area (Å²) in [4.78, 5) is 15.0. The molecule has 8 heteroatoms. The molecule has 0 saturated heterocycles. The minimum atomic E-state index is -3.73. The summed E-state index contributed by atoms with van der Waals surface area (Å²) in [7, 11) is -3.73. The Morgan fingerprint density at radius 3 is 2.64 bits per heavy atom. The van der Waals surface area contributed by atoms with E-state index in [4.69, 9.17) is 4.52 Å². The van der Waals surface area contributed by atoms with E-state index in [9.17, 15) is 13.2 Å². The standard InChI is InChI=1S/C17H19N3O4S/c1-10-4-5-15-14(8-10)9-13(17(21)19-15)6-7-18-25(22,23)16-11(2)20-24-12(16)3/h4-5,8-9,18H,6-7H2,1-3H3,(H,19,21). The fourth-order valence-electron chi connectivity index (χ4n) is 2.81. The van der Waals surface area contributed by atoms with Crippen molar-refractivity contribution >= 4 is 20.9 Å². The maximum Gasteiger partial charge on any atom is 0.251 e. The van der Waals surface area contributed by atoms with Crippen LogP contribution < -0.4 is 10.3 Å². The van der Waals surface area contributed by atoms with Gasteiger partial charge in [-0.15, -0.1) is 0 Å². The first-order valence-corrected chi connectivity index (χ1v) is 9.31. The van der Waals surface area contributed by atoms with Crippen LogP contribution in [0.5, 0.6) is 0 Å². The minimum Gasteiger partial charge on any atom is -0.360 e. The van der Waals surface area contributed by atoms with E-state index in [1.54, 1.807) is 19.9 Å². The van der Waals surface area contributed by atoms with Crippen LogP contribution >= 0.6 is 0 Å². The maximum absolute atomic E-state index is 12.4. The van der Waals surface area contributed by atoms with Gasteiger partial charge in [-0.2, -0.15) is 0 Å². The highest BCUT2D eigenvalue weighted by Crippen LogP contribution is 2.18. The van der Waals surface area contributed by atoms with E-state index < -0.39 is 10.0 Å². The lowest BCUT2D eigenvalue weighted by molar-refractivity contribution is 0.390. The molecule has 0 atom stereocenters. The Hall–Kier alpha value is -2.45. The second-order valence-corrected chi connectivity index (χ2v) is 7.72. The molecule has 3 rings (SSSR count). The van der Waals surface area contributed by atoms with Crippen molar-refractivity contribution in [3.8, 4) is 0 Å². The smallest absolute Gasteiger partial charge is 0.251 e. The van der Waals surface area contributed by atoms with E-state index in [-0.39, 0.29) is 29.2 Å². The average molecular weight is 361 g/mol. The molecule has 25 heavy (non-hydrogen) atoms. The predicted molar refractivity (Wildman–Crippen MR) is 94.2 cm³/mol. The molecule has 0 unspecified atom stereocenters. The lowest BCUT2D eigenvalue weighted by atomic mass is 10.1. The van der Waals surface area contributed by atoms with Crippen molar-refractivity contribution in [2.45, 2.75) is 32.1 Å². The van der Waals surface area contributed by atoms with Crippen molar-refractivity contribution < 1.29 is 12.9 Å². The molecule has 0 bridgehead atoms. The fourth-order valence-corrected chi connectivity index (χ4v) is 4.16. The number of H-pyrrole nitrogens is 1. The molecular formula is C17H19N3O4S. The Labute approximate surface area is 145 Å². The van der Waals surface area contributed by atoms with Gasteiger partial charge in [-0.3, -0.25) is 4.79 Å². The molecule has 0 fully saturated rings. The molecule has 132 valence electrons. The summed E-state index contributed by atoms with van der Waals surface area (Å²) in [6, 6.07) is 7.56. The first-order chi connectivity index (χ1) is 11.8. The highest BCUT2D eigenvalue weighted by atomic mass is 32.2. The number of nitrogens with zero attached hydrogens (tertiary/aromatic N) is 1. The number of rotatable bonds is 5. The molecule has 0 radical (unpaired) electrons. The Balaban J connectivity index is 1.79. The number of aromatic amines is 1. The van der Waals surface area contributed by atoms with Gasteiger partial charge < -0.3 is 9.51 Å². The van der Waals surface area contributed by atoms with Crippen LogP contribution in [0.25, 0.3) is 10.9 Å². The molecule has 0 saturated carbocycles. The number of hydrogen-bond acceptors (Lipinski definition) is 5. The van der Waals surface area contributed by atoms with Crippen molar-refractivity contribution in [1.29, 1.82) is 0 Å². The topological polar surface area (TPSA) is 105 Å². The third-order valence-corrected chi connectivity index (χ3v) is 5.70. The van der Waals surface area contributed by atoms with Gasteiger partial charge in [-0.05, 0) is 50.8 Å². The highest BCUT2D eigenvalue weighted by molar-refractivity contribution is 7.89. The van der Waals surface area contributed by atoms with Gasteiger partial charge in [0.1, 0.15) is 10.6 Å². The zero-order chi connectivity index (χ0) is 18.2. The van der Waals surface area contributed by atoms with Gasteiger partial charge in [0.2, 0.25) is 10.0 Å². The zero-order valence-corrected chi connectivity index (χ0v) is 15.0. The number of benzene rings is 1. The van der Waals surface area contributed by atoms with Crippen molar-refractivity contribution in [2.24, 2.45) is 0 Å². The van der Waals surface area contributed by atoms with E-state index in [1.165, 1.54) is 0 Å². The summed E-state index contributed by atoms with van der Waals surface area (Å²) in [5, 5.41) is 4.58. The van der Waals surface area contributed by atoms with Gasteiger partial charge in [0.05, 0.1) is 0 Å². The van der Waals surface area contributed by atoms with Crippen LogP contribution in [-0.2, 0) is 16.4 Å². The first kappa shape index (κ1) is 17.4. The number of hydrogen-bond donors (Lipinski definition) is 2. The molecule has 1 aromatic carbocycles. The number of sulfonamides is 1. The zero-order valence-electron chi connectivity index (χ0n) is 14.2. The van der Waals surface area contributed by atoms with Gasteiger partial charge in [0.25, 0.3) is 5.56 Å². The molecule has 0 aliphatic heterocycles. The summed E-state index contributed by atoms with van der Waals surface area (Å²) in [5.74, 6) is 0.240. The molecule has 2 aromatic heterocycles. The Morgan fingerprint density at radius 2 is 1.96 bits per heavy atom. The van der Waals surface area contributed by atoms with E-state index in [1.807, 2.05) is 25.1 Å². The molecule has 2 N–H and O–H groups in total. The molecule has 0 aliphatic rings. The predicted octanol–water partition coefficient (Wildman–Crippen LogP) is 1.96. The number of aromatic nitrogens is 2. The van der Waals surface area contributed by atoms with Crippen molar-refractivity contribution in [2.75, 3.05) is 6.54 Å². The van der Waals surface area contributed by atoms with Gasteiger partial charge in [0.15, 0.2) is 5.76 Å². The van der Waals surface area contributed by atoms with E-state index in [0.29, 0.717) is 11.3 Å². The van der Waals surface area contributed by atoms with Crippen LogP contribution in [-0.4, -0.2) is 25.1 Å². The van der Waals surface area contributed by atoms with Crippen molar-refractivity contribution in [1.82, 2.24) is 14.9 Å². The summed E-state index contributed by atoms with van der Waals surface area (Å²) < 4.78 is 32.1. The van der Waals surface area contributed by atoms with Gasteiger partial charge in [0, 0.05) is 17.6 Å². The minimum absolute atomic E-state index is 0.0514. The molecule has 2 heterocycles. The van der Waals surface area contributed by atoms with Crippen LogP contribution in [0.1, 0.15) is 22.6 Å². The SMILES string of the molecule is Cc1ccc2[nH]c(=O)c(CCNS(=O)(=O)c3c(C)noc3C)cc2c1. The summed E-state index contributed by atoms with van der Waals surface area (Å²) >= 11 is 0. The largest absolute Gasteiger partial charge is 0.360 e. The van der Waals surface area contributed by atoms with Crippen LogP contribution in [0.3, 0.4) is 0 Å². The first-order valence-electron chi connectivity index (χ1n) is 7.83. The number of pyridine rings is 1. The van der Waals surface area contributed by atoms with Gasteiger partial charge in [-0.1, -0.05) is 16.8 Å². The second-order valence-electron chi connectivity index (χ2n) is 6.02. The molecule has 0 spiro atoms. The van der Waals surface area contributed by atoms with E-state index in [2.05, 4.69) is 14.9 Å². The Kier molecular flexibility index (Phi) is 4.49. The van der Waals surface area contributed by atoms with Gasteiger partial charge >= 0.3 is 0 Å². The maximum atomic E-state index is 12.4. The molecular weight excluding hydrogens is 342 g/mol. The third-order valence-electron chi connectivity index (χ3n) is 4.00. The van der Waals surface area contributed by atoms with Crippen molar-refractivity contribution in [3.05, 3.63) is 57.2 Å². The van der Waals surface area contributed by atoms with E-state index >= 15 is 0 Å². The van der Waals surface area contributed by atoms with Crippen LogP contribution in [0.4, 0.5) is 0 Å². The molecule has 0 aliphatic carbocycles. The quantitative estimate of drug-likeness (QED) is 0.723. The molecule has 0 amide bonds. The molecule has 3 aromatic rings. The van der Waals surface area contributed by atoms with E-state index in [0.717, 1.165) is 16.5 Å². The normalized spacial score (nSPS) is 12.0. The monoisotopic (exact) mass is 361 g/mol. The summed E-state index contributed by atoms with van der Waals surface area (Å²) in [6.07, 6.45) is 0.280. The third kappa shape index (κ3) is 3.49. The lowest BCUT2D eigenvalue weighted by Gasteiger charge is -2.07. The summed E-state index contributed by atoms with van der Waals surface area (Å²) in [6.45, 7) is 5.20. The Morgan fingerprint density at radius 1 is 1.20 bits per heavy atom. The van der Waals surface area contributed by atoms with Crippen LogP contribution in [0.15, 0.2) is 38.5 Å². The van der Waals surface area contributed by atoms with Crippen molar-refractivity contribution in [3.63, 3.8) is 0 Å². The van der Waals surface area contributed by atoms with Crippen LogP contribution in [0, 0.1) is 20.8 Å². The average Bonchev–Trinajstić information content (AvgIpc) is 2.87. The fraction of sp³-hybridized carbons (Fsp3) is 0.294. The highest BCUT2D eigenvalue weighted by Gasteiger charge is 2.23. The van der Waals surface area contributed by atoms with Gasteiger partial charge in [-0.25, -0.2) is 13.1 Å². The number of fused-ring (bicyclic) bond motifs is 1. The number of aryl methyl sites for hydroxylation is 3. The van der Waals surface area contributed by atoms with Crippen LogP contribution in [0.2, 0.25) is 0 Å².